The normalized spacial score (nSPS) is 33.6. The van der Waals surface area contributed by atoms with Crippen molar-refractivity contribution in [2.24, 2.45) is 5.73 Å². The maximum absolute atomic E-state index is 6.63. The lowest BCUT2D eigenvalue weighted by Crippen LogP contribution is -2.56. The minimum Gasteiger partial charge on any atom is -0.485 e. The van der Waals surface area contributed by atoms with Crippen LogP contribution in [0.1, 0.15) is 37.3 Å². The topological polar surface area (TPSA) is 64.3 Å². The minimum atomic E-state index is -0.269. The molecule has 1 spiro atoms. The Morgan fingerprint density at radius 1 is 1.12 bits per heavy atom. The van der Waals surface area contributed by atoms with Gasteiger partial charge in [0.2, 0.25) is 0 Å². The molecule has 3 aliphatic rings. The molecule has 24 heavy (non-hydrogen) atoms. The molecule has 2 fully saturated rings. The van der Waals surface area contributed by atoms with Crippen LogP contribution in [0.2, 0.25) is 0 Å². The van der Waals surface area contributed by atoms with Crippen molar-refractivity contribution in [1.82, 2.24) is 9.97 Å². The summed E-state index contributed by atoms with van der Waals surface area (Å²) in [6.45, 7) is 0. The lowest BCUT2D eigenvalue weighted by Gasteiger charge is -2.46. The summed E-state index contributed by atoms with van der Waals surface area (Å²) in [6.07, 6.45) is 7.84. The van der Waals surface area contributed by atoms with E-state index in [1.807, 2.05) is 24.4 Å². The molecule has 2 N–H and O–H groups in total. The number of rotatable bonds is 1. The van der Waals surface area contributed by atoms with Gasteiger partial charge in [-0.05, 0) is 34.8 Å². The van der Waals surface area contributed by atoms with Crippen LogP contribution in [0.15, 0.2) is 41.3 Å². The molecular weight excluding hydrogens is 368 g/mol. The van der Waals surface area contributed by atoms with Gasteiger partial charge >= 0.3 is 0 Å². The summed E-state index contributed by atoms with van der Waals surface area (Å²) in [7, 11) is 0. The number of hydrogen-bond donors (Lipinski definition) is 1. The molecule has 5 nitrogen and oxygen atoms in total. The fourth-order valence-corrected chi connectivity index (χ4v) is 4.99. The minimum absolute atomic E-state index is 0.0463. The van der Waals surface area contributed by atoms with Gasteiger partial charge in [0.15, 0.2) is 0 Å². The van der Waals surface area contributed by atoms with Crippen molar-refractivity contribution in [3.8, 4) is 5.75 Å². The van der Waals surface area contributed by atoms with E-state index in [0.717, 1.165) is 47.4 Å². The molecule has 4 heterocycles. The van der Waals surface area contributed by atoms with Crippen LogP contribution in [0.3, 0.4) is 0 Å². The number of ether oxygens (including phenoxy) is 1. The third-order valence-electron chi connectivity index (χ3n) is 5.79. The van der Waals surface area contributed by atoms with E-state index in [2.05, 4.69) is 36.9 Å². The van der Waals surface area contributed by atoms with Gasteiger partial charge < -0.3 is 15.4 Å². The Morgan fingerprint density at radius 3 is 2.54 bits per heavy atom. The van der Waals surface area contributed by atoms with Crippen LogP contribution in [0, 0.1) is 0 Å². The Balaban J connectivity index is 1.46. The second-order valence-electron chi connectivity index (χ2n) is 7.08. The molecule has 4 atom stereocenters. The summed E-state index contributed by atoms with van der Waals surface area (Å²) in [6, 6.07) is 8.99. The van der Waals surface area contributed by atoms with Crippen molar-refractivity contribution in [1.29, 1.82) is 0 Å². The number of benzene rings is 1. The van der Waals surface area contributed by atoms with Crippen LogP contribution in [0.5, 0.6) is 5.75 Å². The van der Waals surface area contributed by atoms with Crippen LogP contribution in [0.25, 0.3) is 0 Å². The molecule has 0 aliphatic carbocycles. The number of halogens is 1. The molecule has 3 aliphatic heterocycles. The molecule has 0 saturated carbocycles. The monoisotopic (exact) mass is 386 g/mol. The summed E-state index contributed by atoms with van der Waals surface area (Å²) in [5, 5.41) is 0. The van der Waals surface area contributed by atoms with Crippen LogP contribution >= 0.6 is 15.9 Å². The van der Waals surface area contributed by atoms with Crippen LogP contribution in [-0.2, 0) is 0 Å². The molecule has 124 valence electrons. The highest BCUT2D eigenvalue weighted by Crippen LogP contribution is 2.53. The van der Waals surface area contributed by atoms with Crippen molar-refractivity contribution >= 4 is 21.7 Å². The number of fused-ring (bicyclic) bond motifs is 3. The zero-order chi connectivity index (χ0) is 16.3. The first kappa shape index (κ1) is 14.7. The first-order chi connectivity index (χ1) is 11.7. The second kappa shape index (κ2) is 5.17. The van der Waals surface area contributed by atoms with E-state index in [4.69, 9.17) is 10.5 Å². The van der Waals surface area contributed by atoms with Gasteiger partial charge in [-0.3, -0.25) is 0 Å². The van der Waals surface area contributed by atoms with Crippen molar-refractivity contribution in [3.63, 3.8) is 0 Å². The molecule has 0 radical (unpaired) electrons. The molecule has 5 rings (SSSR count). The van der Waals surface area contributed by atoms with Crippen molar-refractivity contribution in [2.45, 2.75) is 49.4 Å². The highest BCUT2D eigenvalue weighted by atomic mass is 79.9. The van der Waals surface area contributed by atoms with Gasteiger partial charge in [-0.25, -0.2) is 9.97 Å². The Labute approximate surface area is 149 Å². The first-order valence-corrected chi connectivity index (χ1v) is 9.25. The number of anilines is 1. The van der Waals surface area contributed by atoms with Gasteiger partial charge in [-0.2, -0.15) is 0 Å². The number of nitrogens with two attached hydrogens (primary N) is 1. The lowest BCUT2D eigenvalue weighted by atomic mass is 9.79. The van der Waals surface area contributed by atoms with Crippen LogP contribution in [-0.4, -0.2) is 27.7 Å². The smallest absolute Gasteiger partial charge is 0.147 e. The number of hydrogen-bond acceptors (Lipinski definition) is 5. The highest BCUT2D eigenvalue weighted by molar-refractivity contribution is 9.10. The number of nitrogens with zero attached hydrogens (tertiary/aromatic N) is 3. The summed E-state index contributed by atoms with van der Waals surface area (Å²) in [5.74, 6) is 1.92. The zero-order valence-corrected chi connectivity index (χ0v) is 14.8. The maximum Gasteiger partial charge on any atom is 0.147 e. The van der Waals surface area contributed by atoms with Crippen LogP contribution in [0.4, 0.5) is 5.82 Å². The number of para-hydroxylation sites is 1. The van der Waals surface area contributed by atoms with Gasteiger partial charge in [0.1, 0.15) is 21.8 Å². The largest absolute Gasteiger partial charge is 0.485 e. The van der Waals surface area contributed by atoms with E-state index in [1.54, 1.807) is 6.20 Å². The third kappa shape index (κ3) is 2.02. The summed E-state index contributed by atoms with van der Waals surface area (Å²) < 4.78 is 7.20. The lowest BCUT2D eigenvalue weighted by molar-refractivity contribution is 0.0272. The van der Waals surface area contributed by atoms with E-state index >= 15 is 0 Å². The molecule has 2 saturated heterocycles. The summed E-state index contributed by atoms with van der Waals surface area (Å²) in [4.78, 5) is 11.3. The van der Waals surface area contributed by atoms with Gasteiger partial charge in [0.05, 0.1) is 18.4 Å². The third-order valence-corrected chi connectivity index (χ3v) is 6.20. The predicted molar refractivity (Wildman–Crippen MR) is 95.0 cm³/mol. The Bertz CT molecular complexity index is 767. The molecule has 0 amide bonds. The van der Waals surface area contributed by atoms with Crippen molar-refractivity contribution in [3.05, 3.63) is 46.8 Å². The fourth-order valence-electron chi connectivity index (χ4n) is 4.79. The molecule has 0 unspecified atom stereocenters. The average molecular weight is 387 g/mol. The van der Waals surface area contributed by atoms with Gasteiger partial charge in [-0.1, -0.05) is 18.2 Å². The predicted octanol–water partition coefficient (Wildman–Crippen LogP) is 3.20. The molecule has 2 bridgehead atoms. The SMILES string of the molecule is N[C@@H]1c2ccccc2O[C@]12C[C@H]1CC[C@@H](C2)N1c1cnc(Br)cn1. The fraction of sp³-hybridized carbons (Fsp3) is 0.444. The van der Waals surface area contributed by atoms with Gasteiger partial charge in [0.25, 0.3) is 0 Å². The Kier molecular flexibility index (Phi) is 3.16. The Hall–Kier alpha value is -1.66. The first-order valence-electron chi connectivity index (χ1n) is 8.46. The summed E-state index contributed by atoms with van der Waals surface area (Å²) in [5.41, 5.74) is 7.51. The molecule has 2 aromatic rings. The number of aromatic nitrogens is 2. The van der Waals surface area contributed by atoms with E-state index in [9.17, 15) is 0 Å². The van der Waals surface area contributed by atoms with E-state index < -0.39 is 0 Å². The number of piperidine rings is 1. The van der Waals surface area contributed by atoms with E-state index in [0.29, 0.717) is 12.1 Å². The average Bonchev–Trinajstić information content (AvgIpc) is 3.01. The van der Waals surface area contributed by atoms with Crippen LogP contribution < -0.4 is 15.4 Å². The van der Waals surface area contributed by atoms with Crippen molar-refractivity contribution in [2.75, 3.05) is 4.90 Å². The highest BCUT2D eigenvalue weighted by Gasteiger charge is 2.56. The van der Waals surface area contributed by atoms with Crippen molar-refractivity contribution < 1.29 is 4.74 Å². The molecule has 6 heteroatoms. The molecule has 1 aromatic carbocycles. The van der Waals surface area contributed by atoms with E-state index in [-0.39, 0.29) is 11.6 Å². The standard InChI is InChI=1S/C18H19BrN4O/c19-15-9-22-16(10-21-15)23-11-5-6-12(23)8-18(7-11)17(20)13-3-1-2-4-14(13)24-18/h1-4,9-12,17H,5-8,20H2/t11-,12+,17-,18+/m1/s1. The maximum atomic E-state index is 6.63. The van der Waals surface area contributed by atoms with Gasteiger partial charge in [-0.15, -0.1) is 0 Å². The summed E-state index contributed by atoms with van der Waals surface area (Å²) >= 11 is 3.36. The molecule has 1 aromatic heterocycles. The molecular formula is C18H19BrN4O. The van der Waals surface area contributed by atoms with Gasteiger partial charge in [0, 0.05) is 30.5 Å². The van der Waals surface area contributed by atoms with E-state index in [1.165, 1.54) is 0 Å². The quantitative estimate of drug-likeness (QED) is 0.814. The Morgan fingerprint density at radius 2 is 1.88 bits per heavy atom. The zero-order valence-electron chi connectivity index (χ0n) is 13.2. The second-order valence-corrected chi connectivity index (χ2v) is 7.89.